The highest BCUT2D eigenvalue weighted by atomic mass is 17.1. The van der Waals surface area contributed by atoms with Crippen molar-refractivity contribution in [3.05, 3.63) is 133 Å². The maximum absolute atomic E-state index is 12.6. The second-order valence-corrected chi connectivity index (χ2v) is 9.53. The van der Waals surface area contributed by atoms with E-state index >= 15 is 0 Å². The standard InChI is InChI=1S/C31H24N2O14/c34-29(35)22-4-1-6-24(32(39)40)26(22)28(47-43)18-8-10-19(11-9-18)44-16-3-17-45-20-12-14-21(15-13-20)46-31(38)27-23(30(36)37)5-2-7-25(27)33(41)42/h1-2,4-15,28,43H,3,16-17H2,(H,34,35)(H,36,37). The van der Waals surface area contributed by atoms with E-state index in [1.807, 2.05) is 0 Å². The van der Waals surface area contributed by atoms with E-state index in [2.05, 4.69) is 4.89 Å². The fourth-order valence-corrected chi connectivity index (χ4v) is 4.48. The lowest BCUT2D eigenvalue weighted by molar-refractivity contribution is -0.387. The van der Waals surface area contributed by atoms with Gasteiger partial charge in [0.2, 0.25) is 0 Å². The Labute approximate surface area is 264 Å². The molecule has 1 atom stereocenters. The molecule has 0 saturated heterocycles. The molecule has 0 heterocycles. The molecule has 16 heteroatoms. The van der Waals surface area contributed by atoms with Crippen LogP contribution in [-0.4, -0.2) is 56.4 Å². The Morgan fingerprint density at radius 3 is 1.68 bits per heavy atom. The van der Waals surface area contributed by atoms with Crippen LogP contribution in [0.3, 0.4) is 0 Å². The zero-order chi connectivity index (χ0) is 34.1. The van der Waals surface area contributed by atoms with Gasteiger partial charge in [-0.2, -0.15) is 0 Å². The molecule has 0 aliphatic carbocycles. The smallest absolute Gasteiger partial charge is 0.351 e. The number of nitrogens with zero attached hydrogens (tertiary/aromatic N) is 2. The lowest BCUT2D eigenvalue weighted by atomic mass is 9.95. The van der Waals surface area contributed by atoms with Gasteiger partial charge in [-0.3, -0.25) is 25.5 Å². The Morgan fingerprint density at radius 1 is 0.681 bits per heavy atom. The van der Waals surface area contributed by atoms with Crippen LogP contribution in [0.4, 0.5) is 11.4 Å². The van der Waals surface area contributed by atoms with Crippen molar-refractivity contribution in [3.63, 3.8) is 0 Å². The van der Waals surface area contributed by atoms with E-state index in [-0.39, 0.29) is 30.1 Å². The summed E-state index contributed by atoms with van der Waals surface area (Å²) in [6.45, 7) is 0.426. The molecule has 0 fully saturated rings. The van der Waals surface area contributed by atoms with E-state index in [1.54, 1.807) is 0 Å². The third kappa shape index (κ3) is 8.01. The van der Waals surface area contributed by atoms with Gasteiger partial charge in [-0.25, -0.2) is 19.3 Å². The lowest BCUT2D eigenvalue weighted by Crippen LogP contribution is -2.16. The largest absolute Gasteiger partial charge is 0.493 e. The SMILES string of the molecule is O=C(O)c1cccc([N+](=O)[O-])c1C(=O)Oc1ccc(OCCCOc2ccc(C(OO)c3c(C(=O)O)cccc3[N+](=O)[O-])cc2)cc1. The number of ether oxygens (including phenoxy) is 3. The molecule has 4 rings (SSSR count). The predicted octanol–water partition coefficient (Wildman–Crippen LogP) is 5.55. The van der Waals surface area contributed by atoms with Gasteiger partial charge in [-0.1, -0.05) is 24.3 Å². The summed E-state index contributed by atoms with van der Waals surface area (Å²) in [5.41, 5.74) is -2.98. The van der Waals surface area contributed by atoms with Crippen molar-refractivity contribution in [3.8, 4) is 17.2 Å². The number of carbonyl (C=O) groups excluding carboxylic acids is 1. The minimum absolute atomic E-state index is 0.00138. The number of rotatable bonds is 15. The summed E-state index contributed by atoms with van der Waals surface area (Å²) in [4.78, 5) is 61.4. The van der Waals surface area contributed by atoms with E-state index in [0.717, 1.165) is 24.3 Å². The molecule has 16 nitrogen and oxygen atoms in total. The molecule has 0 aromatic heterocycles. The normalized spacial score (nSPS) is 11.3. The topological polar surface area (TPSA) is 235 Å². The molecule has 0 bridgehead atoms. The minimum Gasteiger partial charge on any atom is -0.493 e. The number of hydrogen-bond donors (Lipinski definition) is 3. The summed E-state index contributed by atoms with van der Waals surface area (Å²) in [6, 6.07) is 18.3. The number of benzene rings is 4. The van der Waals surface area contributed by atoms with Crippen molar-refractivity contribution >= 4 is 29.3 Å². The quantitative estimate of drug-likeness (QED) is 0.0358. The highest BCUT2D eigenvalue weighted by Crippen LogP contribution is 2.36. The lowest BCUT2D eigenvalue weighted by Gasteiger charge is -2.17. The first-order valence-electron chi connectivity index (χ1n) is 13.5. The van der Waals surface area contributed by atoms with Gasteiger partial charge >= 0.3 is 17.9 Å². The summed E-state index contributed by atoms with van der Waals surface area (Å²) < 4.78 is 16.5. The van der Waals surface area contributed by atoms with Crippen molar-refractivity contribution in [2.45, 2.75) is 12.5 Å². The van der Waals surface area contributed by atoms with Gasteiger partial charge in [0.25, 0.3) is 11.4 Å². The van der Waals surface area contributed by atoms with E-state index in [4.69, 9.17) is 14.2 Å². The molecule has 242 valence electrons. The number of carbonyl (C=O) groups is 3. The zero-order valence-corrected chi connectivity index (χ0v) is 24.0. The van der Waals surface area contributed by atoms with Gasteiger partial charge in [0, 0.05) is 18.6 Å². The maximum atomic E-state index is 12.6. The van der Waals surface area contributed by atoms with E-state index in [1.165, 1.54) is 60.7 Å². The van der Waals surface area contributed by atoms with Gasteiger partial charge in [0.05, 0.1) is 39.8 Å². The fraction of sp³-hybridized carbons (Fsp3) is 0.129. The first-order chi connectivity index (χ1) is 22.5. The number of carboxylic acids is 2. The monoisotopic (exact) mass is 648 g/mol. The number of hydrogen-bond acceptors (Lipinski definition) is 12. The molecule has 0 aliphatic rings. The Kier molecular flexibility index (Phi) is 10.7. The number of aromatic carboxylic acids is 2. The molecule has 47 heavy (non-hydrogen) atoms. The summed E-state index contributed by atoms with van der Waals surface area (Å²) in [7, 11) is 0. The van der Waals surface area contributed by atoms with E-state index in [9.17, 15) is 50.1 Å². The van der Waals surface area contributed by atoms with Gasteiger partial charge in [0.15, 0.2) is 11.7 Å². The molecule has 4 aromatic rings. The molecule has 3 N–H and O–H groups in total. The minimum atomic E-state index is -1.53. The highest BCUT2D eigenvalue weighted by Gasteiger charge is 2.31. The molecule has 0 amide bonds. The van der Waals surface area contributed by atoms with Gasteiger partial charge in [0.1, 0.15) is 17.2 Å². The average Bonchev–Trinajstić information content (AvgIpc) is 3.05. The third-order valence-corrected chi connectivity index (χ3v) is 6.59. The van der Waals surface area contributed by atoms with Crippen LogP contribution in [0, 0.1) is 20.2 Å². The van der Waals surface area contributed by atoms with Crippen molar-refractivity contribution in [2.24, 2.45) is 0 Å². The van der Waals surface area contributed by atoms with Crippen molar-refractivity contribution < 1.29 is 58.8 Å². The van der Waals surface area contributed by atoms with Crippen molar-refractivity contribution in [1.82, 2.24) is 0 Å². The molecule has 0 spiro atoms. The first kappa shape index (κ1) is 33.5. The second-order valence-electron chi connectivity index (χ2n) is 9.53. The van der Waals surface area contributed by atoms with E-state index < -0.39 is 61.9 Å². The van der Waals surface area contributed by atoms with Gasteiger partial charge in [-0.05, 0) is 54.1 Å². The van der Waals surface area contributed by atoms with Gasteiger partial charge < -0.3 is 24.4 Å². The summed E-state index contributed by atoms with van der Waals surface area (Å²) in [5, 5.41) is 51.2. The molecular formula is C31H24N2O14. The number of carboxylic acid groups (broad SMARTS) is 2. The second kappa shape index (κ2) is 15.1. The van der Waals surface area contributed by atoms with Crippen LogP contribution in [-0.2, 0) is 4.89 Å². The van der Waals surface area contributed by atoms with Crippen molar-refractivity contribution in [2.75, 3.05) is 13.2 Å². The van der Waals surface area contributed by atoms with Crippen LogP contribution in [0.25, 0.3) is 0 Å². The summed E-state index contributed by atoms with van der Waals surface area (Å²) in [5.74, 6) is -3.36. The Bertz CT molecular complexity index is 1740. The molecule has 1 unspecified atom stereocenters. The fourth-order valence-electron chi connectivity index (χ4n) is 4.48. The van der Waals surface area contributed by atoms with Crippen LogP contribution in [0.5, 0.6) is 17.2 Å². The molecule has 4 aromatic carbocycles. The van der Waals surface area contributed by atoms with Gasteiger partial charge in [-0.15, -0.1) is 0 Å². The van der Waals surface area contributed by atoms with Crippen LogP contribution < -0.4 is 14.2 Å². The average molecular weight is 649 g/mol. The number of esters is 1. The van der Waals surface area contributed by atoms with Crippen LogP contribution in [0.2, 0.25) is 0 Å². The molecule has 0 saturated carbocycles. The Morgan fingerprint density at radius 2 is 1.17 bits per heavy atom. The van der Waals surface area contributed by atoms with E-state index in [0.29, 0.717) is 17.9 Å². The molecule has 0 radical (unpaired) electrons. The molecular weight excluding hydrogens is 624 g/mol. The maximum Gasteiger partial charge on any atom is 0.351 e. The number of nitro groups is 2. The first-order valence-corrected chi connectivity index (χ1v) is 13.5. The van der Waals surface area contributed by atoms with Crippen molar-refractivity contribution in [1.29, 1.82) is 0 Å². The van der Waals surface area contributed by atoms with Crippen LogP contribution in [0.1, 0.15) is 54.7 Å². The predicted molar refractivity (Wildman–Crippen MR) is 159 cm³/mol. The van der Waals surface area contributed by atoms with Crippen LogP contribution >= 0.6 is 0 Å². The Balaban J connectivity index is 1.30. The van der Waals surface area contributed by atoms with Crippen LogP contribution in [0.15, 0.2) is 84.9 Å². The zero-order valence-electron chi connectivity index (χ0n) is 24.0. The summed E-state index contributed by atoms with van der Waals surface area (Å²) >= 11 is 0. The highest BCUT2D eigenvalue weighted by molar-refractivity contribution is 6.06. The molecule has 0 aliphatic heterocycles. The summed E-state index contributed by atoms with van der Waals surface area (Å²) in [6.07, 6.45) is -1.03. The Hall–Kier alpha value is -6.39. The number of nitro benzene ring substituents is 2. The third-order valence-electron chi connectivity index (χ3n) is 6.59.